The number of aliphatic carboxylic acids is 2. The van der Waals surface area contributed by atoms with Gasteiger partial charge in [-0.3, -0.25) is 9.59 Å². The standard InChI is InChI=1S/C12H17NO8/c14-5-3-20-8-4-2-13-10(11(18)19)12(4,1-6(15)16)21-9(8)7(5)17/h4-5,7-10,13-14,17H,1-3H2,(H,15,16)(H,18,19)/t4-,5+,7+,8-,9-,10-,12+/m1/s1. The van der Waals surface area contributed by atoms with Crippen molar-refractivity contribution in [2.24, 2.45) is 5.92 Å². The molecule has 7 atom stereocenters. The summed E-state index contributed by atoms with van der Waals surface area (Å²) in [6, 6.07) is -1.20. The molecule has 3 aliphatic rings. The highest BCUT2D eigenvalue weighted by Crippen LogP contribution is 2.48. The van der Waals surface area contributed by atoms with E-state index in [1.807, 2.05) is 0 Å². The zero-order valence-corrected chi connectivity index (χ0v) is 11.0. The van der Waals surface area contributed by atoms with Gasteiger partial charge < -0.3 is 35.2 Å². The van der Waals surface area contributed by atoms with E-state index in [0.29, 0.717) is 0 Å². The molecule has 21 heavy (non-hydrogen) atoms. The molecule has 0 aliphatic carbocycles. The number of fused-ring (bicyclic) bond motifs is 3. The maximum Gasteiger partial charge on any atom is 0.323 e. The number of carboxylic acid groups (broad SMARTS) is 2. The third-order valence-electron chi connectivity index (χ3n) is 4.60. The first-order valence-electron chi connectivity index (χ1n) is 6.70. The van der Waals surface area contributed by atoms with Gasteiger partial charge in [0.1, 0.15) is 30.0 Å². The predicted molar refractivity (Wildman–Crippen MR) is 64.5 cm³/mol. The van der Waals surface area contributed by atoms with E-state index < -0.39 is 60.3 Å². The number of carboxylic acids is 2. The highest BCUT2D eigenvalue weighted by molar-refractivity contribution is 5.79. The number of aliphatic hydroxyl groups is 2. The highest BCUT2D eigenvalue weighted by atomic mass is 16.6. The van der Waals surface area contributed by atoms with Crippen molar-refractivity contribution in [3.63, 3.8) is 0 Å². The molecule has 3 aliphatic heterocycles. The van der Waals surface area contributed by atoms with Crippen LogP contribution in [-0.2, 0) is 19.1 Å². The molecule has 0 saturated carbocycles. The Morgan fingerprint density at radius 3 is 2.57 bits per heavy atom. The summed E-state index contributed by atoms with van der Waals surface area (Å²) in [5, 5.41) is 40.8. The molecule has 3 fully saturated rings. The van der Waals surface area contributed by atoms with Crippen LogP contribution in [0.4, 0.5) is 0 Å². The van der Waals surface area contributed by atoms with Gasteiger partial charge in [-0.15, -0.1) is 0 Å². The Bertz CT molecular complexity index is 470. The fraction of sp³-hybridized carbons (Fsp3) is 0.833. The Morgan fingerprint density at radius 2 is 1.95 bits per heavy atom. The molecule has 0 aromatic heterocycles. The molecule has 0 unspecified atom stereocenters. The van der Waals surface area contributed by atoms with E-state index in [4.69, 9.17) is 14.6 Å². The second kappa shape index (κ2) is 4.89. The quantitative estimate of drug-likeness (QED) is 0.378. The minimum atomic E-state index is -1.49. The Labute approximate surface area is 119 Å². The average molecular weight is 303 g/mol. The van der Waals surface area contributed by atoms with E-state index >= 15 is 0 Å². The topological polar surface area (TPSA) is 146 Å². The maximum absolute atomic E-state index is 11.4. The molecule has 0 aromatic carbocycles. The van der Waals surface area contributed by atoms with Gasteiger partial charge in [0.25, 0.3) is 0 Å². The van der Waals surface area contributed by atoms with Gasteiger partial charge in [0.15, 0.2) is 0 Å². The van der Waals surface area contributed by atoms with Gasteiger partial charge in [0.2, 0.25) is 0 Å². The molecule has 0 aromatic rings. The van der Waals surface area contributed by atoms with Crippen molar-refractivity contribution in [3.8, 4) is 0 Å². The first-order chi connectivity index (χ1) is 9.86. The van der Waals surface area contributed by atoms with Gasteiger partial charge >= 0.3 is 11.9 Å². The summed E-state index contributed by atoms with van der Waals surface area (Å²) < 4.78 is 11.2. The van der Waals surface area contributed by atoms with Crippen LogP contribution in [0.1, 0.15) is 6.42 Å². The molecule has 0 radical (unpaired) electrons. The Morgan fingerprint density at radius 1 is 1.24 bits per heavy atom. The van der Waals surface area contributed by atoms with Gasteiger partial charge in [0, 0.05) is 12.5 Å². The van der Waals surface area contributed by atoms with Gasteiger partial charge in [0.05, 0.1) is 19.1 Å². The molecule has 118 valence electrons. The summed E-state index contributed by atoms with van der Waals surface area (Å²) in [6.07, 6.45) is -4.44. The van der Waals surface area contributed by atoms with E-state index in [1.54, 1.807) is 0 Å². The van der Waals surface area contributed by atoms with Crippen molar-refractivity contribution in [3.05, 3.63) is 0 Å². The molecule has 0 amide bonds. The van der Waals surface area contributed by atoms with Crippen molar-refractivity contribution in [1.29, 1.82) is 0 Å². The third-order valence-corrected chi connectivity index (χ3v) is 4.60. The second-order valence-electron chi connectivity index (χ2n) is 5.75. The van der Waals surface area contributed by atoms with Gasteiger partial charge in [-0.05, 0) is 0 Å². The van der Waals surface area contributed by atoms with Crippen LogP contribution in [-0.4, -0.2) is 81.6 Å². The fourth-order valence-electron chi connectivity index (χ4n) is 3.71. The SMILES string of the molecule is O=C(O)C[C@]12O[C@@H]3[C@@H](O)[C@@H](O)CO[C@@H]3[C@H]1CN[C@@H]2C(=O)O. The third kappa shape index (κ3) is 2.04. The van der Waals surface area contributed by atoms with Crippen molar-refractivity contribution >= 4 is 11.9 Å². The number of ether oxygens (including phenoxy) is 2. The zero-order valence-electron chi connectivity index (χ0n) is 11.0. The number of hydrogen-bond donors (Lipinski definition) is 5. The number of rotatable bonds is 3. The molecule has 0 spiro atoms. The van der Waals surface area contributed by atoms with Crippen molar-refractivity contribution < 1.29 is 39.5 Å². The molecular formula is C12H17NO8. The van der Waals surface area contributed by atoms with Gasteiger partial charge in [-0.25, -0.2) is 0 Å². The minimum Gasteiger partial charge on any atom is -0.481 e. The first kappa shape index (κ1) is 14.7. The molecular weight excluding hydrogens is 286 g/mol. The number of aliphatic hydroxyl groups excluding tert-OH is 2. The van der Waals surface area contributed by atoms with E-state index in [0.717, 1.165) is 0 Å². The van der Waals surface area contributed by atoms with Crippen LogP contribution in [0.3, 0.4) is 0 Å². The fourth-order valence-corrected chi connectivity index (χ4v) is 3.71. The van der Waals surface area contributed by atoms with E-state index in [9.17, 15) is 24.9 Å². The first-order valence-corrected chi connectivity index (χ1v) is 6.70. The highest BCUT2D eigenvalue weighted by Gasteiger charge is 2.67. The lowest BCUT2D eigenvalue weighted by molar-refractivity contribution is -0.195. The average Bonchev–Trinajstić information content (AvgIpc) is 2.87. The smallest absolute Gasteiger partial charge is 0.323 e. The van der Waals surface area contributed by atoms with E-state index in [-0.39, 0.29) is 13.2 Å². The van der Waals surface area contributed by atoms with Crippen LogP contribution in [0.25, 0.3) is 0 Å². The lowest BCUT2D eigenvalue weighted by Crippen LogP contribution is -2.54. The van der Waals surface area contributed by atoms with Crippen LogP contribution in [0.5, 0.6) is 0 Å². The van der Waals surface area contributed by atoms with Crippen molar-refractivity contribution in [2.75, 3.05) is 13.2 Å². The molecule has 3 heterocycles. The minimum absolute atomic E-state index is 0.0942. The normalized spacial score (nSPS) is 48.7. The second-order valence-corrected chi connectivity index (χ2v) is 5.75. The monoisotopic (exact) mass is 303 g/mol. The molecule has 0 bridgehead atoms. The van der Waals surface area contributed by atoms with Crippen LogP contribution in [0.2, 0.25) is 0 Å². The maximum atomic E-state index is 11.4. The van der Waals surface area contributed by atoms with Crippen LogP contribution < -0.4 is 5.32 Å². The predicted octanol–water partition coefficient (Wildman–Crippen LogP) is -2.61. The van der Waals surface area contributed by atoms with Crippen LogP contribution in [0, 0.1) is 5.92 Å². The van der Waals surface area contributed by atoms with Gasteiger partial charge in [-0.2, -0.15) is 0 Å². The number of nitrogens with one attached hydrogen (secondary N) is 1. The molecule has 9 nitrogen and oxygen atoms in total. The zero-order chi connectivity index (χ0) is 15.4. The summed E-state index contributed by atoms with van der Waals surface area (Å²) in [4.78, 5) is 22.6. The summed E-state index contributed by atoms with van der Waals surface area (Å²) >= 11 is 0. The Kier molecular flexibility index (Phi) is 3.41. The Balaban J connectivity index is 1.96. The lowest BCUT2D eigenvalue weighted by atomic mass is 9.80. The van der Waals surface area contributed by atoms with E-state index in [1.165, 1.54) is 0 Å². The molecule has 3 rings (SSSR count). The lowest BCUT2D eigenvalue weighted by Gasteiger charge is -2.35. The van der Waals surface area contributed by atoms with Crippen molar-refractivity contribution in [2.45, 2.75) is 42.5 Å². The van der Waals surface area contributed by atoms with Gasteiger partial charge in [-0.1, -0.05) is 0 Å². The Hall–Kier alpha value is -1.26. The van der Waals surface area contributed by atoms with E-state index in [2.05, 4.69) is 5.32 Å². The number of carbonyl (C=O) groups is 2. The number of hydrogen-bond acceptors (Lipinski definition) is 7. The van der Waals surface area contributed by atoms with Crippen molar-refractivity contribution in [1.82, 2.24) is 5.32 Å². The molecule has 5 N–H and O–H groups in total. The van der Waals surface area contributed by atoms with Crippen LogP contribution in [0.15, 0.2) is 0 Å². The summed E-state index contributed by atoms with van der Waals surface area (Å²) in [7, 11) is 0. The molecule has 9 heteroatoms. The summed E-state index contributed by atoms with van der Waals surface area (Å²) in [5.41, 5.74) is -1.49. The largest absolute Gasteiger partial charge is 0.481 e. The summed E-state index contributed by atoms with van der Waals surface area (Å²) in [6.45, 7) is 0.122. The molecule has 3 saturated heterocycles. The summed E-state index contributed by atoms with van der Waals surface area (Å²) in [5.74, 6) is -2.92. The van der Waals surface area contributed by atoms with Crippen LogP contribution >= 0.6 is 0 Å².